The predicted octanol–water partition coefficient (Wildman–Crippen LogP) is 2.85. The molecule has 2 aromatic rings. The van der Waals surface area contributed by atoms with E-state index in [-0.39, 0.29) is 0 Å². The Labute approximate surface area is 101 Å². The fraction of sp³-hybridized carbons (Fsp3) is 0.286. The smallest absolute Gasteiger partial charge is 0.150 e. The van der Waals surface area contributed by atoms with Gasteiger partial charge in [0.1, 0.15) is 6.29 Å². The van der Waals surface area contributed by atoms with Gasteiger partial charge in [0.2, 0.25) is 0 Å². The fourth-order valence-corrected chi connectivity index (χ4v) is 1.98. The lowest BCUT2D eigenvalue weighted by Gasteiger charge is -2.01. The van der Waals surface area contributed by atoms with E-state index in [1.54, 1.807) is 0 Å². The molecule has 0 spiro atoms. The number of benzene rings is 1. The van der Waals surface area contributed by atoms with Crippen molar-refractivity contribution in [1.82, 2.24) is 9.78 Å². The van der Waals surface area contributed by atoms with E-state index < -0.39 is 0 Å². The van der Waals surface area contributed by atoms with Crippen LogP contribution in [0.4, 0.5) is 0 Å². The van der Waals surface area contributed by atoms with Crippen LogP contribution in [0.25, 0.3) is 11.1 Å². The Bertz CT molecular complexity index is 529. The highest BCUT2D eigenvalue weighted by Gasteiger charge is 2.09. The first kappa shape index (κ1) is 11.6. The lowest BCUT2D eigenvalue weighted by atomic mass is 10.0. The third-order valence-corrected chi connectivity index (χ3v) is 2.73. The zero-order chi connectivity index (χ0) is 12.3. The monoisotopic (exact) mass is 228 g/mol. The highest BCUT2D eigenvalue weighted by molar-refractivity contribution is 5.79. The van der Waals surface area contributed by atoms with Crippen molar-refractivity contribution in [3.63, 3.8) is 0 Å². The molecule has 0 aliphatic heterocycles. The van der Waals surface area contributed by atoms with Crippen molar-refractivity contribution in [2.75, 3.05) is 0 Å². The van der Waals surface area contributed by atoms with Gasteiger partial charge in [-0.15, -0.1) is 0 Å². The lowest BCUT2D eigenvalue weighted by molar-refractivity contribution is 0.112. The lowest BCUT2D eigenvalue weighted by Crippen LogP contribution is -1.91. The number of hydrogen-bond acceptors (Lipinski definition) is 2. The van der Waals surface area contributed by atoms with Crippen molar-refractivity contribution in [1.29, 1.82) is 0 Å². The normalized spacial score (nSPS) is 10.5. The van der Waals surface area contributed by atoms with Gasteiger partial charge in [0, 0.05) is 24.4 Å². The van der Waals surface area contributed by atoms with Gasteiger partial charge in [-0.1, -0.05) is 31.5 Å². The number of rotatable bonds is 4. The maximum atomic E-state index is 10.8. The SMILES string of the molecule is CCCc1nn(C)cc1-c1cccc(C=O)c1. The molecule has 0 N–H and O–H groups in total. The molecule has 0 aliphatic carbocycles. The van der Waals surface area contributed by atoms with E-state index >= 15 is 0 Å². The van der Waals surface area contributed by atoms with Gasteiger partial charge in [-0.2, -0.15) is 5.10 Å². The van der Waals surface area contributed by atoms with Gasteiger partial charge < -0.3 is 0 Å². The minimum atomic E-state index is 0.703. The van der Waals surface area contributed by atoms with E-state index in [0.717, 1.165) is 35.9 Å². The van der Waals surface area contributed by atoms with Crippen molar-refractivity contribution in [3.8, 4) is 11.1 Å². The molecule has 88 valence electrons. The first-order valence-corrected chi connectivity index (χ1v) is 5.82. The van der Waals surface area contributed by atoms with Gasteiger partial charge in [-0.25, -0.2) is 0 Å². The molecule has 0 amide bonds. The van der Waals surface area contributed by atoms with Crippen molar-refractivity contribution >= 4 is 6.29 Å². The van der Waals surface area contributed by atoms with Gasteiger partial charge in [0.25, 0.3) is 0 Å². The number of nitrogens with zero attached hydrogens (tertiary/aromatic N) is 2. The van der Waals surface area contributed by atoms with Crippen LogP contribution in [0, 0.1) is 0 Å². The topological polar surface area (TPSA) is 34.9 Å². The van der Waals surface area contributed by atoms with Crippen molar-refractivity contribution in [3.05, 3.63) is 41.7 Å². The molecular formula is C14H16N2O. The van der Waals surface area contributed by atoms with E-state index in [1.807, 2.05) is 42.2 Å². The van der Waals surface area contributed by atoms with Crippen LogP contribution in [0.15, 0.2) is 30.5 Å². The van der Waals surface area contributed by atoms with Crippen LogP contribution in [0.1, 0.15) is 29.4 Å². The van der Waals surface area contributed by atoms with Crippen molar-refractivity contribution in [2.45, 2.75) is 19.8 Å². The van der Waals surface area contributed by atoms with Crippen LogP contribution in [0.5, 0.6) is 0 Å². The first-order valence-electron chi connectivity index (χ1n) is 5.82. The summed E-state index contributed by atoms with van der Waals surface area (Å²) in [6.45, 7) is 2.14. The summed E-state index contributed by atoms with van der Waals surface area (Å²) in [5, 5.41) is 4.46. The molecule has 0 bridgehead atoms. The number of aromatic nitrogens is 2. The van der Waals surface area contributed by atoms with Crippen LogP contribution in [0.3, 0.4) is 0 Å². The Morgan fingerprint density at radius 2 is 2.24 bits per heavy atom. The van der Waals surface area contributed by atoms with E-state index in [9.17, 15) is 4.79 Å². The zero-order valence-electron chi connectivity index (χ0n) is 10.2. The second-order valence-electron chi connectivity index (χ2n) is 4.16. The molecule has 0 saturated heterocycles. The largest absolute Gasteiger partial charge is 0.298 e. The van der Waals surface area contributed by atoms with Crippen molar-refractivity contribution in [2.24, 2.45) is 7.05 Å². The Balaban J connectivity index is 2.47. The maximum absolute atomic E-state index is 10.8. The van der Waals surface area contributed by atoms with E-state index in [0.29, 0.717) is 5.56 Å². The Hall–Kier alpha value is -1.90. The summed E-state index contributed by atoms with van der Waals surface area (Å²) < 4.78 is 1.83. The Morgan fingerprint density at radius 1 is 1.41 bits per heavy atom. The summed E-state index contributed by atoms with van der Waals surface area (Å²) in [7, 11) is 1.92. The molecule has 0 radical (unpaired) electrons. The second-order valence-corrected chi connectivity index (χ2v) is 4.16. The average molecular weight is 228 g/mol. The molecule has 1 heterocycles. The minimum Gasteiger partial charge on any atom is -0.298 e. The molecule has 0 saturated carbocycles. The summed E-state index contributed by atoms with van der Waals surface area (Å²) in [4.78, 5) is 10.8. The highest BCUT2D eigenvalue weighted by atomic mass is 16.1. The summed E-state index contributed by atoms with van der Waals surface area (Å²) in [6.07, 6.45) is 4.91. The van der Waals surface area contributed by atoms with Gasteiger partial charge in [-0.05, 0) is 18.1 Å². The Morgan fingerprint density at radius 3 is 2.94 bits per heavy atom. The van der Waals surface area contributed by atoms with Crippen LogP contribution < -0.4 is 0 Å². The van der Waals surface area contributed by atoms with Gasteiger partial charge >= 0.3 is 0 Å². The molecule has 2 rings (SSSR count). The van der Waals surface area contributed by atoms with Gasteiger partial charge in [-0.3, -0.25) is 9.48 Å². The summed E-state index contributed by atoms with van der Waals surface area (Å²) >= 11 is 0. The summed E-state index contributed by atoms with van der Waals surface area (Å²) in [5.74, 6) is 0. The molecule has 17 heavy (non-hydrogen) atoms. The quantitative estimate of drug-likeness (QED) is 0.754. The maximum Gasteiger partial charge on any atom is 0.150 e. The van der Waals surface area contributed by atoms with Gasteiger partial charge in [0.15, 0.2) is 0 Å². The number of aryl methyl sites for hydroxylation is 2. The van der Waals surface area contributed by atoms with E-state index in [1.165, 1.54) is 0 Å². The fourth-order valence-electron chi connectivity index (χ4n) is 1.98. The van der Waals surface area contributed by atoms with Crippen LogP contribution in [-0.4, -0.2) is 16.1 Å². The first-order chi connectivity index (χ1) is 8.24. The number of carbonyl (C=O) groups excluding carboxylic acids is 1. The van der Waals surface area contributed by atoms with Gasteiger partial charge in [0.05, 0.1) is 5.69 Å². The summed E-state index contributed by atoms with van der Waals surface area (Å²) in [6, 6.07) is 7.64. The molecular weight excluding hydrogens is 212 g/mol. The summed E-state index contributed by atoms with van der Waals surface area (Å²) in [5.41, 5.74) is 3.98. The number of hydrogen-bond donors (Lipinski definition) is 0. The molecule has 3 heteroatoms. The molecule has 0 unspecified atom stereocenters. The molecule has 0 fully saturated rings. The van der Waals surface area contributed by atoms with Crippen molar-refractivity contribution < 1.29 is 4.79 Å². The molecule has 1 aromatic carbocycles. The highest BCUT2D eigenvalue weighted by Crippen LogP contribution is 2.24. The third kappa shape index (κ3) is 2.44. The van der Waals surface area contributed by atoms with Crippen LogP contribution in [0.2, 0.25) is 0 Å². The van der Waals surface area contributed by atoms with E-state index in [4.69, 9.17) is 0 Å². The van der Waals surface area contributed by atoms with Crippen LogP contribution >= 0.6 is 0 Å². The number of aldehydes is 1. The third-order valence-electron chi connectivity index (χ3n) is 2.73. The second kappa shape index (κ2) is 4.95. The minimum absolute atomic E-state index is 0.703. The molecule has 0 aliphatic rings. The average Bonchev–Trinajstić information content (AvgIpc) is 2.71. The predicted molar refractivity (Wildman–Crippen MR) is 68.0 cm³/mol. The standard InChI is InChI=1S/C14H16N2O/c1-3-5-14-13(9-16(2)15-14)12-7-4-6-11(8-12)10-17/h4,6-10H,3,5H2,1-2H3. The zero-order valence-corrected chi connectivity index (χ0v) is 10.2. The van der Waals surface area contributed by atoms with E-state index in [2.05, 4.69) is 12.0 Å². The Kier molecular flexibility index (Phi) is 3.38. The number of carbonyl (C=O) groups is 1. The van der Waals surface area contributed by atoms with Crippen LogP contribution in [-0.2, 0) is 13.5 Å². The molecule has 3 nitrogen and oxygen atoms in total. The molecule has 1 aromatic heterocycles. The molecule has 0 atom stereocenters.